The number of nitrogens with one attached hydrogen (secondary N) is 1. The first-order valence-corrected chi connectivity index (χ1v) is 7.08. The first-order chi connectivity index (χ1) is 9.31. The molecule has 1 fully saturated rings. The first kappa shape index (κ1) is 12.4. The van der Waals surface area contributed by atoms with E-state index in [0.29, 0.717) is 0 Å². The van der Waals surface area contributed by atoms with Crippen molar-refractivity contribution in [2.45, 2.75) is 12.8 Å². The molecule has 100 valence electrons. The number of rotatable bonds is 3. The summed E-state index contributed by atoms with van der Waals surface area (Å²) in [7, 11) is 2.21. The van der Waals surface area contributed by atoms with E-state index in [9.17, 15) is 0 Å². The highest BCUT2D eigenvalue weighted by Gasteiger charge is 2.16. The number of benzene rings is 1. The third-order valence-corrected chi connectivity index (χ3v) is 4.02. The van der Waals surface area contributed by atoms with Crippen molar-refractivity contribution in [2.24, 2.45) is 5.92 Å². The number of para-hydroxylation sites is 1. The molecule has 2 heterocycles. The van der Waals surface area contributed by atoms with Crippen molar-refractivity contribution < 1.29 is 0 Å². The van der Waals surface area contributed by atoms with E-state index in [-0.39, 0.29) is 0 Å². The fraction of sp³-hybridized carbons (Fsp3) is 0.438. The molecule has 0 atom stereocenters. The SMILES string of the molecule is CN1CCC(CNc2cnc3ccccc3c2)CC1. The minimum atomic E-state index is 0.794. The average Bonchev–Trinajstić information content (AvgIpc) is 2.46. The van der Waals surface area contributed by atoms with Crippen molar-refractivity contribution in [2.75, 3.05) is 32.0 Å². The molecule has 2 aromatic rings. The summed E-state index contributed by atoms with van der Waals surface area (Å²) in [5, 5.41) is 4.74. The zero-order valence-electron chi connectivity index (χ0n) is 11.5. The van der Waals surface area contributed by atoms with Gasteiger partial charge in [-0.05, 0) is 51.0 Å². The van der Waals surface area contributed by atoms with E-state index in [0.717, 1.165) is 23.7 Å². The lowest BCUT2D eigenvalue weighted by molar-refractivity contribution is 0.226. The van der Waals surface area contributed by atoms with Crippen molar-refractivity contribution in [3.8, 4) is 0 Å². The van der Waals surface area contributed by atoms with Crippen LogP contribution in [-0.2, 0) is 0 Å². The molecule has 1 aliphatic rings. The highest BCUT2D eigenvalue weighted by molar-refractivity contribution is 5.81. The van der Waals surface area contributed by atoms with Crippen LogP contribution < -0.4 is 5.32 Å². The van der Waals surface area contributed by atoms with Gasteiger partial charge in [0.15, 0.2) is 0 Å². The minimum absolute atomic E-state index is 0.794. The monoisotopic (exact) mass is 255 g/mol. The number of hydrogen-bond donors (Lipinski definition) is 1. The summed E-state index contributed by atoms with van der Waals surface area (Å²) in [5.41, 5.74) is 2.20. The maximum atomic E-state index is 4.49. The van der Waals surface area contributed by atoms with E-state index in [1.165, 1.54) is 31.3 Å². The van der Waals surface area contributed by atoms with Gasteiger partial charge in [0.1, 0.15) is 0 Å². The molecule has 3 rings (SSSR count). The number of aromatic nitrogens is 1. The molecule has 0 radical (unpaired) electrons. The van der Waals surface area contributed by atoms with Gasteiger partial charge >= 0.3 is 0 Å². The van der Waals surface area contributed by atoms with Gasteiger partial charge < -0.3 is 10.2 Å². The van der Waals surface area contributed by atoms with E-state index >= 15 is 0 Å². The highest BCUT2D eigenvalue weighted by Crippen LogP contribution is 2.19. The molecule has 3 heteroatoms. The highest BCUT2D eigenvalue weighted by atomic mass is 15.1. The fourth-order valence-electron chi connectivity index (χ4n) is 2.70. The predicted octanol–water partition coefficient (Wildman–Crippen LogP) is 2.99. The first-order valence-electron chi connectivity index (χ1n) is 7.08. The average molecular weight is 255 g/mol. The third kappa shape index (κ3) is 3.04. The molecular formula is C16H21N3. The predicted molar refractivity (Wildman–Crippen MR) is 80.5 cm³/mol. The Morgan fingerprint density at radius 1 is 1.26 bits per heavy atom. The zero-order chi connectivity index (χ0) is 13.1. The van der Waals surface area contributed by atoms with Gasteiger partial charge in [-0.15, -0.1) is 0 Å². The summed E-state index contributed by atoms with van der Waals surface area (Å²) in [6.45, 7) is 3.51. The standard InChI is InChI=1S/C16H21N3/c1-19-8-6-13(7-9-19)11-17-15-10-14-4-2-3-5-16(14)18-12-15/h2-5,10,12-13,17H,6-9,11H2,1H3. The van der Waals surface area contributed by atoms with Crippen molar-refractivity contribution in [1.82, 2.24) is 9.88 Å². The van der Waals surface area contributed by atoms with Gasteiger partial charge in [0, 0.05) is 11.9 Å². The lowest BCUT2D eigenvalue weighted by Gasteiger charge is -2.29. The number of anilines is 1. The summed E-state index contributed by atoms with van der Waals surface area (Å²) in [4.78, 5) is 6.90. The van der Waals surface area contributed by atoms with Crippen LogP contribution in [0.1, 0.15) is 12.8 Å². The van der Waals surface area contributed by atoms with Crippen molar-refractivity contribution in [1.29, 1.82) is 0 Å². The molecule has 0 spiro atoms. The summed E-state index contributed by atoms with van der Waals surface area (Å²) in [5.74, 6) is 0.794. The number of piperidine rings is 1. The Hall–Kier alpha value is -1.61. The van der Waals surface area contributed by atoms with E-state index in [1.54, 1.807) is 0 Å². The maximum Gasteiger partial charge on any atom is 0.0703 e. The Morgan fingerprint density at radius 3 is 2.89 bits per heavy atom. The molecule has 0 saturated carbocycles. The Morgan fingerprint density at radius 2 is 2.05 bits per heavy atom. The lowest BCUT2D eigenvalue weighted by atomic mass is 9.97. The van der Waals surface area contributed by atoms with Crippen molar-refractivity contribution >= 4 is 16.6 Å². The Balaban J connectivity index is 1.62. The molecule has 0 amide bonds. The van der Waals surface area contributed by atoms with E-state index in [1.807, 2.05) is 12.3 Å². The second-order valence-corrected chi connectivity index (χ2v) is 5.54. The second kappa shape index (κ2) is 5.57. The van der Waals surface area contributed by atoms with E-state index in [4.69, 9.17) is 0 Å². The Bertz CT molecular complexity index is 544. The fourth-order valence-corrected chi connectivity index (χ4v) is 2.70. The van der Waals surface area contributed by atoms with Gasteiger partial charge in [-0.3, -0.25) is 4.98 Å². The molecular weight excluding hydrogens is 234 g/mol. The Kier molecular flexibility index (Phi) is 3.65. The van der Waals surface area contributed by atoms with Gasteiger partial charge in [-0.2, -0.15) is 0 Å². The minimum Gasteiger partial charge on any atom is -0.384 e. The van der Waals surface area contributed by atoms with Crippen molar-refractivity contribution in [3.63, 3.8) is 0 Å². The van der Waals surface area contributed by atoms with Crippen LogP contribution in [0, 0.1) is 5.92 Å². The number of likely N-dealkylation sites (tertiary alicyclic amines) is 1. The van der Waals surface area contributed by atoms with Crippen LogP contribution in [0.25, 0.3) is 10.9 Å². The summed E-state index contributed by atoms with van der Waals surface area (Å²) in [6.07, 6.45) is 4.53. The molecule has 19 heavy (non-hydrogen) atoms. The number of hydrogen-bond acceptors (Lipinski definition) is 3. The number of fused-ring (bicyclic) bond motifs is 1. The number of nitrogens with zero attached hydrogens (tertiary/aromatic N) is 2. The largest absolute Gasteiger partial charge is 0.384 e. The summed E-state index contributed by atoms with van der Waals surface area (Å²) in [6, 6.07) is 10.4. The van der Waals surface area contributed by atoms with Gasteiger partial charge in [0.2, 0.25) is 0 Å². The smallest absolute Gasteiger partial charge is 0.0703 e. The van der Waals surface area contributed by atoms with Crippen LogP contribution in [0.2, 0.25) is 0 Å². The van der Waals surface area contributed by atoms with Gasteiger partial charge in [0.05, 0.1) is 17.4 Å². The quantitative estimate of drug-likeness (QED) is 0.914. The summed E-state index contributed by atoms with van der Waals surface area (Å²) < 4.78 is 0. The van der Waals surface area contributed by atoms with Crippen molar-refractivity contribution in [3.05, 3.63) is 36.5 Å². The van der Waals surface area contributed by atoms with E-state index < -0.39 is 0 Å². The Labute approximate surface area is 114 Å². The van der Waals surface area contributed by atoms with Crippen LogP contribution in [0.3, 0.4) is 0 Å². The molecule has 1 saturated heterocycles. The van der Waals surface area contributed by atoms with Gasteiger partial charge in [-0.25, -0.2) is 0 Å². The van der Waals surface area contributed by atoms with E-state index in [2.05, 4.69) is 46.5 Å². The zero-order valence-corrected chi connectivity index (χ0v) is 11.5. The number of pyridine rings is 1. The molecule has 1 aromatic carbocycles. The van der Waals surface area contributed by atoms with Crippen LogP contribution in [-0.4, -0.2) is 36.6 Å². The topological polar surface area (TPSA) is 28.2 Å². The van der Waals surface area contributed by atoms with Gasteiger partial charge in [-0.1, -0.05) is 18.2 Å². The molecule has 0 bridgehead atoms. The molecule has 1 N–H and O–H groups in total. The normalized spacial score (nSPS) is 17.7. The van der Waals surface area contributed by atoms with Gasteiger partial charge in [0.25, 0.3) is 0 Å². The van der Waals surface area contributed by atoms with Crippen LogP contribution in [0.5, 0.6) is 0 Å². The van der Waals surface area contributed by atoms with Crippen LogP contribution in [0.15, 0.2) is 36.5 Å². The summed E-state index contributed by atoms with van der Waals surface area (Å²) >= 11 is 0. The maximum absolute atomic E-state index is 4.49. The van der Waals surface area contributed by atoms with Crippen LogP contribution >= 0.6 is 0 Å². The second-order valence-electron chi connectivity index (χ2n) is 5.54. The molecule has 0 aliphatic carbocycles. The molecule has 1 aromatic heterocycles. The lowest BCUT2D eigenvalue weighted by Crippen LogP contribution is -2.32. The molecule has 0 unspecified atom stereocenters. The molecule has 3 nitrogen and oxygen atoms in total. The van der Waals surface area contributed by atoms with Crippen LogP contribution in [0.4, 0.5) is 5.69 Å². The third-order valence-electron chi connectivity index (χ3n) is 4.02. The molecule has 1 aliphatic heterocycles.